The molecule has 0 saturated heterocycles. The molecule has 0 atom stereocenters. The summed E-state index contributed by atoms with van der Waals surface area (Å²) in [6.07, 6.45) is 11.8. The average molecular weight is 870 g/mol. The van der Waals surface area contributed by atoms with Crippen LogP contribution in [0.1, 0.15) is 29.5 Å². The largest absolute Gasteiger partial charge is 0.303 e. The fourth-order valence-electron chi connectivity index (χ4n) is 10.5. The van der Waals surface area contributed by atoms with E-state index in [1.807, 2.05) is 11.3 Å². The summed E-state index contributed by atoms with van der Waals surface area (Å²) in [6.45, 7) is 0. The third kappa shape index (κ3) is 6.95. The highest BCUT2D eigenvalue weighted by molar-refractivity contribution is 7.25. The van der Waals surface area contributed by atoms with Crippen molar-refractivity contribution >= 4 is 86.9 Å². The number of allylic oxidation sites excluding steroid dienone is 5. The Morgan fingerprint density at radius 3 is 2.06 bits per heavy atom. The molecule has 0 unspecified atom stereocenters. The van der Waals surface area contributed by atoms with Crippen LogP contribution in [0.5, 0.6) is 0 Å². The van der Waals surface area contributed by atoms with Crippen LogP contribution in [0.15, 0.2) is 224 Å². The molecular weight excluding hydrogens is 827 g/mol. The van der Waals surface area contributed by atoms with E-state index >= 15 is 0 Å². The summed E-state index contributed by atoms with van der Waals surface area (Å²) >= 11 is 1.87. The third-order valence-electron chi connectivity index (χ3n) is 13.8. The number of benzene rings is 10. The number of hydrogen-bond donors (Lipinski definition) is 0. The summed E-state index contributed by atoms with van der Waals surface area (Å²) in [5, 5.41) is 10.2. The van der Waals surface area contributed by atoms with Crippen molar-refractivity contribution in [1.29, 1.82) is 0 Å². The molecule has 0 fully saturated rings. The van der Waals surface area contributed by atoms with Crippen LogP contribution in [0.4, 0.5) is 11.4 Å². The summed E-state index contributed by atoms with van der Waals surface area (Å²) in [4.78, 5) is 2.43. The van der Waals surface area contributed by atoms with Crippen LogP contribution in [0.2, 0.25) is 0 Å². The molecule has 1 heterocycles. The van der Waals surface area contributed by atoms with Gasteiger partial charge in [-0.25, -0.2) is 0 Å². The summed E-state index contributed by atoms with van der Waals surface area (Å²) in [6, 6.07) is 74.0. The van der Waals surface area contributed by atoms with E-state index in [2.05, 4.69) is 241 Å². The smallest absolute Gasteiger partial charge is 0.0976 e. The van der Waals surface area contributed by atoms with Crippen molar-refractivity contribution in [3.8, 4) is 45.2 Å². The fraction of sp³-hybridized carbons (Fsp3) is 0.0462. The predicted molar refractivity (Wildman–Crippen MR) is 289 cm³/mol. The zero-order valence-electron chi connectivity index (χ0n) is 36.8. The van der Waals surface area contributed by atoms with Crippen molar-refractivity contribution in [1.82, 2.24) is 0 Å². The van der Waals surface area contributed by atoms with Gasteiger partial charge in [-0.1, -0.05) is 176 Å². The Bertz CT molecular complexity index is 3950. The Kier molecular flexibility index (Phi) is 9.55. The van der Waals surface area contributed by atoms with E-state index in [4.69, 9.17) is 0 Å². The van der Waals surface area contributed by atoms with Crippen molar-refractivity contribution in [2.45, 2.75) is 19.3 Å². The fourth-order valence-corrected chi connectivity index (χ4v) is 11.6. The van der Waals surface area contributed by atoms with Crippen LogP contribution < -0.4 is 4.90 Å². The summed E-state index contributed by atoms with van der Waals surface area (Å²) in [5.41, 5.74) is 15.4. The third-order valence-corrected chi connectivity index (χ3v) is 14.9. The maximum Gasteiger partial charge on any atom is 0.0976 e. The molecule has 0 bridgehead atoms. The van der Waals surface area contributed by atoms with Crippen molar-refractivity contribution < 1.29 is 0 Å². The topological polar surface area (TPSA) is 3.24 Å². The lowest BCUT2D eigenvalue weighted by Crippen LogP contribution is -2.17. The molecule has 0 spiro atoms. The quantitative estimate of drug-likeness (QED) is 0.114. The Morgan fingerprint density at radius 2 is 1.19 bits per heavy atom. The SMILES string of the molecule is C1#CC(N(c2cccc(-c3ccc(-c4cc5ccccc5c5ccccc45)cc3)c2)c2ccc(-c3cccc4ccccc34)cc2C2=CC=CCC2)=Cc2cc3sc4ccccc4c3cc2C1. The Balaban J connectivity index is 0.977. The van der Waals surface area contributed by atoms with E-state index in [0.29, 0.717) is 6.42 Å². The highest BCUT2D eigenvalue weighted by atomic mass is 32.1. The zero-order chi connectivity index (χ0) is 44.3. The normalized spacial score (nSPS) is 13.3. The maximum absolute atomic E-state index is 3.73. The van der Waals surface area contributed by atoms with Crippen LogP contribution in [0.25, 0.3) is 97.5 Å². The Labute approximate surface area is 394 Å². The molecule has 2 aliphatic carbocycles. The molecule has 0 amide bonds. The van der Waals surface area contributed by atoms with Crippen LogP contribution in [0, 0.1) is 11.8 Å². The van der Waals surface area contributed by atoms with Crippen molar-refractivity contribution in [3.63, 3.8) is 0 Å². The number of nitrogens with zero attached hydrogens (tertiary/aromatic N) is 1. The van der Waals surface area contributed by atoms with Gasteiger partial charge in [-0.05, 0) is 156 Å². The lowest BCUT2D eigenvalue weighted by Gasteiger charge is -2.29. The van der Waals surface area contributed by atoms with Gasteiger partial charge in [0.1, 0.15) is 0 Å². The predicted octanol–water partition coefficient (Wildman–Crippen LogP) is 18.0. The minimum atomic E-state index is 0.686. The number of fused-ring (bicyclic) bond motifs is 8. The molecule has 1 nitrogen and oxygen atoms in total. The second kappa shape index (κ2) is 16.3. The van der Waals surface area contributed by atoms with Crippen LogP contribution in [0.3, 0.4) is 0 Å². The lowest BCUT2D eigenvalue weighted by atomic mass is 9.90. The zero-order valence-corrected chi connectivity index (χ0v) is 37.7. The molecule has 0 radical (unpaired) electrons. The van der Waals surface area contributed by atoms with Crippen LogP contribution in [-0.2, 0) is 6.42 Å². The van der Waals surface area contributed by atoms with Crippen molar-refractivity contribution in [2.75, 3.05) is 4.90 Å². The molecule has 11 aromatic rings. The molecule has 67 heavy (non-hydrogen) atoms. The minimum absolute atomic E-state index is 0.686. The molecule has 2 aliphatic rings. The standard InChI is InChI=1S/C65H43NS/c1-2-15-45(16-3-1)61-41-50(55-29-14-19-44-17-4-6-24-54(44)55)35-36-63(61)66(53-23-13-21-48-39-62-59-28-10-11-30-64(59)67-65(62)42-51(48)38-53)52-22-12-20-47(37-52)43-31-33-46(34-32-43)60-40-49-18-5-7-25-56(49)57-26-8-9-27-58(57)60/h1-2,4-12,14-15,17-20,22,24-42H,3,16,21H2. The van der Waals surface area contributed by atoms with Gasteiger partial charge in [-0.2, -0.15) is 0 Å². The van der Waals surface area contributed by atoms with E-state index < -0.39 is 0 Å². The van der Waals surface area contributed by atoms with Crippen LogP contribution in [-0.4, -0.2) is 0 Å². The molecule has 1 aromatic heterocycles. The van der Waals surface area contributed by atoms with Gasteiger partial charge in [0.2, 0.25) is 0 Å². The maximum atomic E-state index is 3.73. The molecule has 13 rings (SSSR count). The second-order valence-corrected chi connectivity index (χ2v) is 18.8. The number of thiophene rings is 1. The molecule has 314 valence electrons. The van der Waals surface area contributed by atoms with E-state index in [1.54, 1.807) is 0 Å². The summed E-state index contributed by atoms with van der Waals surface area (Å²) in [5.74, 6) is 7.37. The second-order valence-electron chi connectivity index (χ2n) is 17.7. The van der Waals surface area contributed by atoms with Gasteiger partial charge < -0.3 is 4.90 Å². The van der Waals surface area contributed by atoms with E-state index in [9.17, 15) is 0 Å². The number of hydrogen-bond acceptors (Lipinski definition) is 2. The molecule has 0 saturated carbocycles. The van der Waals surface area contributed by atoms with Gasteiger partial charge in [-0.3, -0.25) is 0 Å². The first-order chi connectivity index (χ1) is 33.2. The first-order valence-electron chi connectivity index (χ1n) is 23.2. The molecule has 2 heteroatoms. The van der Waals surface area contributed by atoms with E-state index in [0.717, 1.165) is 35.5 Å². The molecule has 0 N–H and O–H groups in total. The van der Waals surface area contributed by atoms with Gasteiger partial charge in [0, 0.05) is 37.8 Å². The highest BCUT2D eigenvalue weighted by Crippen LogP contribution is 2.44. The van der Waals surface area contributed by atoms with Gasteiger partial charge in [0.15, 0.2) is 0 Å². The minimum Gasteiger partial charge on any atom is -0.303 e. The van der Waals surface area contributed by atoms with Gasteiger partial charge in [0.25, 0.3) is 0 Å². The molecular formula is C65H43NS. The van der Waals surface area contributed by atoms with E-state index in [-0.39, 0.29) is 0 Å². The monoisotopic (exact) mass is 869 g/mol. The van der Waals surface area contributed by atoms with Crippen molar-refractivity contribution in [3.05, 3.63) is 241 Å². The van der Waals surface area contributed by atoms with Gasteiger partial charge in [-0.15, -0.1) is 11.3 Å². The average Bonchev–Trinajstić information content (AvgIpc) is 3.63. The molecule has 10 aromatic carbocycles. The Morgan fingerprint density at radius 1 is 0.463 bits per heavy atom. The van der Waals surface area contributed by atoms with E-state index in [1.165, 1.54) is 103 Å². The first kappa shape index (κ1) is 39.2. The lowest BCUT2D eigenvalue weighted by molar-refractivity contribution is 1.05. The van der Waals surface area contributed by atoms with Crippen molar-refractivity contribution in [2.24, 2.45) is 0 Å². The summed E-state index contributed by atoms with van der Waals surface area (Å²) < 4.78 is 2.61. The highest BCUT2D eigenvalue weighted by Gasteiger charge is 2.23. The number of rotatable bonds is 7. The first-order valence-corrected chi connectivity index (χ1v) is 24.1. The Hall–Kier alpha value is -8.22. The number of anilines is 2. The molecule has 0 aliphatic heterocycles. The van der Waals surface area contributed by atoms with Gasteiger partial charge >= 0.3 is 0 Å². The van der Waals surface area contributed by atoms with Crippen LogP contribution >= 0.6 is 11.3 Å². The summed E-state index contributed by atoms with van der Waals surface area (Å²) in [7, 11) is 0. The van der Waals surface area contributed by atoms with Gasteiger partial charge in [0.05, 0.1) is 11.4 Å².